The van der Waals surface area contributed by atoms with Crippen LogP contribution in [-0.4, -0.2) is 0 Å². The van der Waals surface area contributed by atoms with Crippen molar-refractivity contribution in [1.29, 1.82) is 0 Å². The van der Waals surface area contributed by atoms with Crippen molar-refractivity contribution in [2.24, 2.45) is 0 Å². The van der Waals surface area contributed by atoms with Gasteiger partial charge >= 0.3 is 0 Å². The fraction of sp³-hybridized carbons (Fsp3) is 0. The van der Waals surface area contributed by atoms with Gasteiger partial charge in [0.05, 0.1) is 11.4 Å². The molecule has 0 aliphatic rings. The minimum Gasteiger partial charge on any atom is -0.399 e. The monoisotopic (exact) mass is 328 g/mol. The molecule has 3 N–H and O–H groups in total. The Morgan fingerprint density at radius 3 is 2.50 bits per heavy atom. The first-order valence-corrected chi connectivity index (χ1v) is 5.81. The average Bonchev–Trinajstić information content (AvgIpc) is 2.25. The zero-order valence-corrected chi connectivity index (χ0v) is 10.5. The van der Waals surface area contributed by atoms with Crippen molar-refractivity contribution in [3.05, 3.63) is 51.9 Å². The molecule has 2 aromatic carbocycles. The Kier molecular flexibility index (Phi) is 3.28. The lowest BCUT2D eigenvalue weighted by Gasteiger charge is -2.09. The number of halogens is 2. The number of nitrogen functional groups attached to an aromatic ring is 1. The molecule has 0 aliphatic heterocycles. The van der Waals surface area contributed by atoms with Gasteiger partial charge in [0, 0.05) is 9.26 Å². The third-order valence-electron chi connectivity index (χ3n) is 2.14. The van der Waals surface area contributed by atoms with Crippen LogP contribution in [-0.2, 0) is 0 Å². The molecule has 2 aromatic rings. The van der Waals surface area contributed by atoms with E-state index in [0.29, 0.717) is 11.4 Å². The Hall–Kier alpha value is -1.30. The third-order valence-corrected chi connectivity index (χ3v) is 3.08. The van der Waals surface area contributed by atoms with Crippen molar-refractivity contribution in [2.75, 3.05) is 11.1 Å². The minimum atomic E-state index is -0.348. The van der Waals surface area contributed by atoms with Crippen LogP contribution in [0.3, 0.4) is 0 Å². The van der Waals surface area contributed by atoms with Crippen molar-refractivity contribution < 1.29 is 4.39 Å². The Morgan fingerprint density at radius 2 is 1.81 bits per heavy atom. The van der Waals surface area contributed by atoms with Crippen molar-refractivity contribution in [3.63, 3.8) is 0 Å². The van der Waals surface area contributed by atoms with E-state index in [4.69, 9.17) is 5.73 Å². The summed E-state index contributed by atoms with van der Waals surface area (Å²) in [5.74, 6) is -0.348. The first kappa shape index (κ1) is 11.2. The molecule has 16 heavy (non-hydrogen) atoms. The van der Waals surface area contributed by atoms with E-state index in [-0.39, 0.29) is 5.82 Å². The molecule has 4 heteroatoms. The highest BCUT2D eigenvalue weighted by atomic mass is 127. The van der Waals surface area contributed by atoms with E-state index in [1.165, 1.54) is 6.07 Å². The largest absolute Gasteiger partial charge is 0.399 e. The molecule has 0 aromatic heterocycles. The van der Waals surface area contributed by atoms with Crippen LogP contribution in [0.4, 0.5) is 21.5 Å². The smallest absolute Gasteiger partial charge is 0.148 e. The van der Waals surface area contributed by atoms with Gasteiger partial charge in [0.2, 0.25) is 0 Å². The lowest BCUT2D eigenvalue weighted by molar-refractivity contribution is 0.632. The van der Waals surface area contributed by atoms with Crippen molar-refractivity contribution in [3.8, 4) is 0 Å². The summed E-state index contributed by atoms with van der Waals surface area (Å²) in [7, 11) is 0. The molecule has 0 heterocycles. The number of para-hydroxylation sites is 1. The number of rotatable bonds is 2. The highest BCUT2D eigenvalue weighted by Crippen LogP contribution is 2.25. The Morgan fingerprint density at radius 1 is 1.06 bits per heavy atom. The average molecular weight is 328 g/mol. The van der Waals surface area contributed by atoms with E-state index in [2.05, 4.69) is 27.9 Å². The topological polar surface area (TPSA) is 38.0 Å². The maximum absolute atomic E-state index is 13.5. The third kappa shape index (κ3) is 2.44. The van der Waals surface area contributed by atoms with Crippen LogP contribution in [0, 0.1) is 9.39 Å². The van der Waals surface area contributed by atoms with Crippen molar-refractivity contribution >= 4 is 39.7 Å². The second-order valence-corrected chi connectivity index (χ2v) is 4.51. The van der Waals surface area contributed by atoms with Crippen LogP contribution < -0.4 is 11.1 Å². The molecule has 0 spiro atoms. The van der Waals surface area contributed by atoms with Crippen LogP contribution in [0.5, 0.6) is 0 Å². The number of nitrogens with two attached hydrogens (primary N) is 1. The predicted octanol–water partition coefficient (Wildman–Crippen LogP) is 3.76. The first-order valence-electron chi connectivity index (χ1n) is 4.73. The summed E-state index contributed by atoms with van der Waals surface area (Å²) in [5.41, 5.74) is 7.21. The molecule has 0 amide bonds. The Bertz CT molecular complexity index is 514. The quantitative estimate of drug-likeness (QED) is 0.651. The van der Waals surface area contributed by atoms with E-state index in [9.17, 15) is 4.39 Å². The van der Waals surface area contributed by atoms with Gasteiger partial charge in [-0.25, -0.2) is 4.39 Å². The molecule has 0 fully saturated rings. The molecule has 82 valence electrons. The van der Waals surface area contributed by atoms with Crippen LogP contribution >= 0.6 is 22.6 Å². The van der Waals surface area contributed by atoms with Crippen molar-refractivity contribution in [2.45, 2.75) is 0 Å². The molecule has 0 aliphatic carbocycles. The second kappa shape index (κ2) is 4.69. The Balaban J connectivity index is 2.31. The van der Waals surface area contributed by atoms with Gasteiger partial charge in [-0.15, -0.1) is 0 Å². The zero-order chi connectivity index (χ0) is 11.5. The molecule has 0 saturated carbocycles. The zero-order valence-electron chi connectivity index (χ0n) is 8.37. The van der Waals surface area contributed by atoms with E-state index in [0.717, 1.165) is 9.26 Å². The van der Waals surface area contributed by atoms with E-state index < -0.39 is 0 Å². The summed E-state index contributed by atoms with van der Waals surface area (Å²) in [4.78, 5) is 0. The van der Waals surface area contributed by atoms with Gasteiger partial charge in [-0.1, -0.05) is 12.1 Å². The van der Waals surface area contributed by atoms with Crippen LogP contribution in [0.2, 0.25) is 0 Å². The second-order valence-electron chi connectivity index (χ2n) is 3.34. The molecule has 0 saturated heterocycles. The first-order chi connectivity index (χ1) is 7.66. The van der Waals surface area contributed by atoms with Gasteiger partial charge in [-0.3, -0.25) is 0 Å². The molecule has 2 rings (SSSR count). The summed E-state index contributed by atoms with van der Waals surface area (Å²) in [5, 5.41) is 3.03. The molecule has 0 atom stereocenters. The number of benzene rings is 2. The lowest BCUT2D eigenvalue weighted by atomic mass is 10.2. The van der Waals surface area contributed by atoms with Crippen LogP contribution in [0.15, 0.2) is 42.5 Å². The number of nitrogens with one attached hydrogen (secondary N) is 1. The lowest BCUT2D eigenvalue weighted by Crippen LogP contribution is -1.96. The summed E-state index contributed by atoms with van der Waals surface area (Å²) in [6.07, 6.45) is 0. The maximum atomic E-state index is 13.5. The normalized spacial score (nSPS) is 10.1. The van der Waals surface area contributed by atoms with Gasteiger partial charge in [0.25, 0.3) is 0 Å². The van der Waals surface area contributed by atoms with Gasteiger partial charge < -0.3 is 11.1 Å². The van der Waals surface area contributed by atoms with Gasteiger partial charge in [-0.2, -0.15) is 0 Å². The number of hydrogen-bond donors (Lipinski definition) is 2. The molecular formula is C12H10FIN2. The molecule has 0 radical (unpaired) electrons. The summed E-state index contributed by atoms with van der Waals surface area (Å²) >= 11 is 2.20. The Labute approximate surface area is 107 Å². The summed E-state index contributed by atoms with van der Waals surface area (Å²) in [6, 6.07) is 12.3. The molecule has 2 nitrogen and oxygen atoms in total. The summed E-state index contributed by atoms with van der Waals surface area (Å²) in [6.45, 7) is 0. The fourth-order valence-electron chi connectivity index (χ4n) is 1.34. The highest BCUT2D eigenvalue weighted by molar-refractivity contribution is 14.1. The van der Waals surface area contributed by atoms with Gasteiger partial charge in [0.15, 0.2) is 0 Å². The molecular weight excluding hydrogens is 318 g/mol. The highest BCUT2D eigenvalue weighted by Gasteiger charge is 2.04. The van der Waals surface area contributed by atoms with E-state index >= 15 is 0 Å². The summed E-state index contributed by atoms with van der Waals surface area (Å²) < 4.78 is 14.6. The molecule has 0 bridgehead atoms. The fourth-order valence-corrected chi connectivity index (χ4v) is 1.86. The van der Waals surface area contributed by atoms with Crippen LogP contribution in [0.25, 0.3) is 0 Å². The number of hydrogen-bond acceptors (Lipinski definition) is 2. The standard InChI is InChI=1S/C12H10FIN2/c13-9-7-8(15)5-6-11(9)16-12-4-2-1-3-10(12)14/h1-7,16H,15H2. The van der Waals surface area contributed by atoms with E-state index in [1.54, 1.807) is 12.1 Å². The maximum Gasteiger partial charge on any atom is 0.148 e. The minimum absolute atomic E-state index is 0.348. The molecule has 0 unspecified atom stereocenters. The van der Waals surface area contributed by atoms with Crippen LogP contribution in [0.1, 0.15) is 0 Å². The SMILES string of the molecule is Nc1ccc(Nc2ccccc2I)c(F)c1. The van der Waals surface area contributed by atoms with Gasteiger partial charge in [-0.05, 0) is 52.9 Å². The van der Waals surface area contributed by atoms with Gasteiger partial charge in [0.1, 0.15) is 5.82 Å². The number of anilines is 3. The van der Waals surface area contributed by atoms with E-state index in [1.807, 2.05) is 24.3 Å². The predicted molar refractivity (Wildman–Crippen MR) is 73.3 cm³/mol. The van der Waals surface area contributed by atoms with Crippen molar-refractivity contribution in [1.82, 2.24) is 0 Å².